The molecule has 2 aromatic carbocycles. The van der Waals surface area contributed by atoms with Gasteiger partial charge in [-0.2, -0.15) is 0 Å². The molecule has 0 bridgehead atoms. The Balaban J connectivity index is 2.13. The van der Waals surface area contributed by atoms with E-state index < -0.39 is 5.97 Å². The number of amides is 1. The van der Waals surface area contributed by atoms with Gasteiger partial charge in [0, 0.05) is 5.02 Å². The van der Waals surface area contributed by atoms with Gasteiger partial charge in [0.2, 0.25) is 0 Å². The molecule has 126 valence electrons. The second kappa shape index (κ2) is 8.50. The highest BCUT2D eigenvalue weighted by Gasteiger charge is 2.18. The van der Waals surface area contributed by atoms with Crippen LogP contribution < -0.4 is 5.32 Å². The maximum atomic E-state index is 12.2. The lowest BCUT2D eigenvalue weighted by Crippen LogP contribution is -2.33. The molecule has 0 saturated carbocycles. The van der Waals surface area contributed by atoms with E-state index in [1.165, 1.54) is 0 Å². The zero-order valence-electron chi connectivity index (χ0n) is 13.7. The number of carbonyl (C=O) groups is 2. The van der Waals surface area contributed by atoms with Crippen LogP contribution in [0.4, 0.5) is 0 Å². The number of hydrogen-bond acceptors (Lipinski definition) is 3. The summed E-state index contributed by atoms with van der Waals surface area (Å²) in [5, 5.41) is 3.53. The van der Waals surface area contributed by atoms with Crippen LogP contribution in [0.5, 0.6) is 0 Å². The van der Waals surface area contributed by atoms with Crippen molar-refractivity contribution in [3.8, 4) is 0 Å². The highest BCUT2D eigenvalue weighted by molar-refractivity contribution is 6.30. The molecule has 0 saturated heterocycles. The first kappa shape index (κ1) is 18.0. The van der Waals surface area contributed by atoms with Crippen molar-refractivity contribution in [2.45, 2.75) is 19.9 Å². The van der Waals surface area contributed by atoms with E-state index in [0.717, 1.165) is 11.1 Å². The molecule has 0 spiro atoms. The molecule has 0 heterocycles. The molecule has 1 amide bonds. The number of rotatable bonds is 6. The molecule has 1 unspecified atom stereocenters. The fraction of sp³-hybridized carbons (Fsp3) is 0.263. The fourth-order valence-electron chi connectivity index (χ4n) is 2.17. The van der Waals surface area contributed by atoms with Gasteiger partial charge in [0.15, 0.2) is 6.61 Å². The predicted molar refractivity (Wildman–Crippen MR) is 93.7 cm³/mol. The number of nitrogens with one attached hydrogen (secondary N) is 1. The van der Waals surface area contributed by atoms with Crippen molar-refractivity contribution in [1.82, 2.24) is 5.32 Å². The van der Waals surface area contributed by atoms with Gasteiger partial charge in [-0.15, -0.1) is 0 Å². The number of carbonyl (C=O) groups excluding carboxylic acids is 2. The fourth-order valence-corrected chi connectivity index (χ4v) is 2.29. The smallest absolute Gasteiger partial charge is 0.308 e. The van der Waals surface area contributed by atoms with Crippen LogP contribution in [0, 0.1) is 5.92 Å². The number of esters is 1. The Morgan fingerprint density at radius 2 is 1.58 bits per heavy atom. The summed E-state index contributed by atoms with van der Waals surface area (Å²) in [6.07, 6.45) is 0. The highest BCUT2D eigenvalue weighted by atomic mass is 35.5. The van der Waals surface area contributed by atoms with Gasteiger partial charge in [-0.3, -0.25) is 9.59 Å². The molecule has 2 rings (SSSR count). The van der Waals surface area contributed by atoms with Crippen LogP contribution in [0.25, 0.3) is 0 Å². The first-order chi connectivity index (χ1) is 11.5. The quantitative estimate of drug-likeness (QED) is 0.811. The molecule has 0 aliphatic rings. The van der Waals surface area contributed by atoms with Crippen LogP contribution in [0.15, 0.2) is 54.6 Å². The minimum Gasteiger partial charge on any atom is -0.455 e. The van der Waals surface area contributed by atoms with Crippen LogP contribution in [0.2, 0.25) is 5.02 Å². The van der Waals surface area contributed by atoms with Crippen LogP contribution in [-0.4, -0.2) is 18.5 Å². The molecule has 0 aliphatic heterocycles. The average Bonchev–Trinajstić information content (AvgIpc) is 2.59. The summed E-state index contributed by atoms with van der Waals surface area (Å²) < 4.78 is 4.98. The Morgan fingerprint density at radius 3 is 2.17 bits per heavy atom. The molecule has 1 atom stereocenters. The molecule has 0 fully saturated rings. The van der Waals surface area contributed by atoms with Crippen LogP contribution >= 0.6 is 11.6 Å². The Bertz CT molecular complexity index is 684. The van der Waals surface area contributed by atoms with E-state index >= 15 is 0 Å². The summed E-state index contributed by atoms with van der Waals surface area (Å²) in [6.45, 7) is 3.15. The Labute approximate surface area is 146 Å². The van der Waals surface area contributed by atoms with Gasteiger partial charge in [0.05, 0.1) is 12.0 Å². The Morgan fingerprint density at radius 1 is 1.00 bits per heavy atom. The van der Waals surface area contributed by atoms with Crippen molar-refractivity contribution in [2.24, 2.45) is 5.92 Å². The zero-order valence-corrected chi connectivity index (χ0v) is 14.4. The van der Waals surface area contributed by atoms with E-state index in [9.17, 15) is 9.59 Å². The van der Waals surface area contributed by atoms with Crippen LogP contribution in [-0.2, 0) is 14.3 Å². The van der Waals surface area contributed by atoms with Gasteiger partial charge >= 0.3 is 5.97 Å². The average molecular weight is 346 g/mol. The van der Waals surface area contributed by atoms with Gasteiger partial charge in [-0.1, -0.05) is 67.9 Å². The van der Waals surface area contributed by atoms with Gasteiger partial charge in [0.25, 0.3) is 5.91 Å². The van der Waals surface area contributed by atoms with Gasteiger partial charge < -0.3 is 10.1 Å². The monoisotopic (exact) mass is 345 g/mol. The van der Waals surface area contributed by atoms with Gasteiger partial charge in [0.1, 0.15) is 0 Å². The lowest BCUT2D eigenvalue weighted by molar-refractivity contribution is -0.151. The van der Waals surface area contributed by atoms with E-state index in [1.807, 2.05) is 42.5 Å². The lowest BCUT2D eigenvalue weighted by atomic mass is 9.99. The van der Waals surface area contributed by atoms with Crippen molar-refractivity contribution in [3.63, 3.8) is 0 Å². The largest absolute Gasteiger partial charge is 0.455 e. The predicted octanol–water partition coefficient (Wildman–Crippen LogP) is 3.74. The second-order valence-corrected chi connectivity index (χ2v) is 6.16. The molecular weight excluding hydrogens is 326 g/mol. The van der Waals surface area contributed by atoms with Crippen molar-refractivity contribution in [2.75, 3.05) is 6.61 Å². The number of halogens is 1. The summed E-state index contributed by atoms with van der Waals surface area (Å²) in [6, 6.07) is 16.5. The van der Waals surface area contributed by atoms with E-state index in [-0.39, 0.29) is 24.5 Å². The zero-order chi connectivity index (χ0) is 17.5. The lowest BCUT2D eigenvalue weighted by Gasteiger charge is -2.20. The molecule has 1 N–H and O–H groups in total. The summed E-state index contributed by atoms with van der Waals surface area (Å²) in [4.78, 5) is 23.7. The Hall–Kier alpha value is -2.33. The first-order valence-corrected chi connectivity index (χ1v) is 8.11. The molecule has 0 aliphatic carbocycles. The minimum absolute atomic E-state index is 0.265. The van der Waals surface area contributed by atoms with Crippen molar-refractivity contribution in [1.29, 1.82) is 0 Å². The molecule has 0 aromatic heterocycles. The maximum absolute atomic E-state index is 12.2. The highest BCUT2D eigenvalue weighted by Crippen LogP contribution is 2.23. The molecule has 5 heteroatoms. The van der Waals surface area contributed by atoms with E-state index in [4.69, 9.17) is 16.3 Å². The third-order valence-electron chi connectivity index (χ3n) is 3.46. The van der Waals surface area contributed by atoms with Crippen LogP contribution in [0.1, 0.15) is 31.0 Å². The van der Waals surface area contributed by atoms with E-state index in [2.05, 4.69) is 5.32 Å². The summed E-state index contributed by atoms with van der Waals surface area (Å²) >= 11 is 5.94. The summed E-state index contributed by atoms with van der Waals surface area (Å²) in [5.41, 5.74) is 1.83. The normalized spacial score (nSPS) is 11.8. The van der Waals surface area contributed by atoms with E-state index in [0.29, 0.717) is 5.02 Å². The van der Waals surface area contributed by atoms with Crippen molar-refractivity contribution in [3.05, 3.63) is 70.7 Å². The molecule has 0 radical (unpaired) electrons. The van der Waals surface area contributed by atoms with Crippen molar-refractivity contribution < 1.29 is 14.3 Å². The number of hydrogen-bond donors (Lipinski definition) is 1. The standard InChI is InChI=1S/C19H20ClNO3/c1-13(2)19(23)24-12-17(22)21-18(14-6-4-3-5-7-14)15-8-10-16(20)11-9-15/h3-11,13,18H,12H2,1-2H3,(H,21,22). The SMILES string of the molecule is CC(C)C(=O)OCC(=O)NC(c1ccccc1)c1ccc(Cl)cc1. The van der Waals surface area contributed by atoms with Gasteiger partial charge in [-0.05, 0) is 23.3 Å². The summed E-state index contributed by atoms with van der Waals surface area (Å²) in [5.74, 6) is -1.01. The maximum Gasteiger partial charge on any atom is 0.308 e. The summed E-state index contributed by atoms with van der Waals surface area (Å²) in [7, 11) is 0. The first-order valence-electron chi connectivity index (χ1n) is 7.74. The third kappa shape index (κ3) is 5.10. The number of benzene rings is 2. The molecule has 24 heavy (non-hydrogen) atoms. The van der Waals surface area contributed by atoms with Crippen molar-refractivity contribution >= 4 is 23.5 Å². The third-order valence-corrected chi connectivity index (χ3v) is 3.71. The second-order valence-electron chi connectivity index (χ2n) is 5.73. The van der Waals surface area contributed by atoms with Crippen LogP contribution in [0.3, 0.4) is 0 Å². The Kier molecular flexibility index (Phi) is 6.38. The molecule has 2 aromatic rings. The van der Waals surface area contributed by atoms with E-state index in [1.54, 1.807) is 26.0 Å². The molecule has 4 nitrogen and oxygen atoms in total. The molecular formula is C19H20ClNO3. The van der Waals surface area contributed by atoms with Gasteiger partial charge in [-0.25, -0.2) is 0 Å². The topological polar surface area (TPSA) is 55.4 Å². The minimum atomic E-state index is -0.395. The number of ether oxygens (including phenoxy) is 1.